The highest BCUT2D eigenvalue weighted by Crippen LogP contribution is 2.37. The van der Waals surface area contributed by atoms with Gasteiger partial charge in [-0.3, -0.25) is 9.59 Å². The van der Waals surface area contributed by atoms with Gasteiger partial charge in [0.1, 0.15) is 18.1 Å². The van der Waals surface area contributed by atoms with Crippen LogP contribution in [0.2, 0.25) is 0 Å². The molecule has 2 N–H and O–H groups in total. The van der Waals surface area contributed by atoms with Crippen LogP contribution in [0, 0.1) is 13.8 Å². The first-order chi connectivity index (χ1) is 18.4. The van der Waals surface area contributed by atoms with Gasteiger partial charge in [0.2, 0.25) is 0 Å². The molecule has 0 fully saturated rings. The lowest BCUT2D eigenvalue weighted by Gasteiger charge is -2.28. The highest BCUT2D eigenvalue weighted by molar-refractivity contribution is 5.73. The fourth-order valence-electron chi connectivity index (χ4n) is 4.50. The lowest BCUT2D eigenvalue weighted by atomic mass is 9.93. The number of unbranched alkanes of at least 4 members (excludes halogenated alkanes) is 1. The summed E-state index contributed by atoms with van der Waals surface area (Å²) in [6.07, 6.45) is 2.80. The van der Waals surface area contributed by atoms with Crippen molar-refractivity contribution in [2.24, 2.45) is 0 Å². The zero-order chi connectivity index (χ0) is 27.5. The minimum atomic E-state index is -0.791. The monoisotopic (exact) mass is 519 g/mol. The van der Waals surface area contributed by atoms with Crippen molar-refractivity contribution in [3.05, 3.63) is 76.9 Å². The first kappa shape index (κ1) is 28.6. The maximum atomic E-state index is 10.9. The smallest absolute Gasteiger partial charge is 0.303 e. The van der Waals surface area contributed by atoms with Crippen LogP contribution < -0.4 is 14.8 Å². The number of carbonyl (C=O) groups excluding carboxylic acids is 1. The van der Waals surface area contributed by atoms with E-state index >= 15 is 0 Å². The number of carboxylic acids is 1. The fourth-order valence-corrected chi connectivity index (χ4v) is 4.50. The number of anilines is 1. The molecule has 0 spiro atoms. The molecular formula is C31H37NO6. The van der Waals surface area contributed by atoms with E-state index in [2.05, 4.69) is 67.2 Å². The van der Waals surface area contributed by atoms with E-state index in [1.165, 1.54) is 34.9 Å². The van der Waals surface area contributed by atoms with Gasteiger partial charge in [0.05, 0.1) is 25.4 Å². The number of rotatable bonds is 10. The predicted octanol–water partition coefficient (Wildman–Crippen LogP) is 6.50. The molecule has 7 heteroatoms. The molecule has 38 heavy (non-hydrogen) atoms. The third kappa shape index (κ3) is 7.75. The molecule has 0 bridgehead atoms. The fraction of sp³-hybridized carbons (Fsp3) is 0.355. The van der Waals surface area contributed by atoms with Crippen LogP contribution >= 0.6 is 0 Å². The van der Waals surface area contributed by atoms with Gasteiger partial charge in [-0.1, -0.05) is 37.6 Å². The minimum absolute atomic E-state index is 0.0367. The second-order valence-corrected chi connectivity index (χ2v) is 9.32. The van der Waals surface area contributed by atoms with Gasteiger partial charge in [0, 0.05) is 6.42 Å². The van der Waals surface area contributed by atoms with E-state index in [0.717, 1.165) is 42.2 Å². The third-order valence-corrected chi connectivity index (χ3v) is 6.36. The Morgan fingerprint density at radius 2 is 1.87 bits per heavy atom. The molecule has 0 amide bonds. The Balaban J connectivity index is 0.000000934. The van der Waals surface area contributed by atoms with Crippen molar-refractivity contribution in [1.29, 1.82) is 0 Å². The summed E-state index contributed by atoms with van der Waals surface area (Å²) in [7, 11) is 1.31. The van der Waals surface area contributed by atoms with Crippen LogP contribution in [0.25, 0.3) is 11.1 Å². The van der Waals surface area contributed by atoms with Crippen molar-refractivity contribution >= 4 is 18.1 Å². The number of fused-ring (bicyclic) bond motifs is 1. The predicted molar refractivity (Wildman–Crippen MR) is 149 cm³/mol. The van der Waals surface area contributed by atoms with Crippen molar-refractivity contribution in [2.45, 2.75) is 52.5 Å². The van der Waals surface area contributed by atoms with E-state index in [1.54, 1.807) is 0 Å². The molecule has 202 valence electrons. The van der Waals surface area contributed by atoms with Crippen LogP contribution in [0.15, 0.2) is 54.6 Å². The number of ether oxygens (including phenoxy) is 3. The van der Waals surface area contributed by atoms with Crippen LogP contribution in [0.4, 0.5) is 5.69 Å². The zero-order valence-electron chi connectivity index (χ0n) is 22.6. The standard InChI is InChI=1S/C29H33NO4.C2H4O2/c1-4-5-13-33-24-14-19(2)29(20(3)15-24)23-8-6-7-22(17-23)26-18-34-27-16-21(10-12-28(31)32)9-11-25(27)30-26;1-4-2-3/h6-9,11,14-17,26,30H,4-5,10,12-13,18H2,1-3H3,(H,31,32);2H,1H3. The van der Waals surface area contributed by atoms with E-state index in [-0.39, 0.29) is 12.5 Å². The summed E-state index contributed by atoms with van der Waals surface area (Å²) in [4.78, 5) is 19.8. The Labute approximate surface area is 224 Å². The number of methoxy groups -OCH3 is 1. The largest absolute Gasteiger partial charge is 0.494 e. The van der Waals surface area contributed by atoms with E-state index in [9.17, 15) is 4.79 Å². The van der Waals surface area contributed by atoms with Gasteiger partial charge >= 0.3 is 5.97 Å². The van der Waals surface area contributed by atoms with Crippen LogP contribution in [0.3, 0.4) is 0 Å². The van der Waals surface area contributed by atoms with Gasteiger partial charge in [-0.15, -0.1) is 0 Å². The van der Waals surface area contributed by atoms with Crippen LogP contribution in [0.1, 0.15) is 54.5 Å². The average molecular weight is 520 g/mol. The molecular weight excluding hydrogens is 482 g/mol. The Morgan fingerprint density at radius 1 is 1.13 bits per heavy atom. The summed E-state index contributed by atoms with van der Waals surface area (Å²) < 4.78 is 15.9. The zero-order valence-corrected chi connectivity index (χ0v) is 22.6. The summed E-state index contributed by atoms with van der Waals surface area (Å²) >= 11 is 0. The number of hydrogen-bond acceptors (Lipinski definition) is 6. The number of hydrogen-bond donors (Lipinski definition) is 2. The van der Waals surface area contributed by atoms with E-state index in [0.29, 0.717) is 19.5 Å². The molecule has 0 radical (unpaired) electrons. The lowest BCUT2D eigenvalue weighted by molar-refractivity contribution is -0.137. The van der Waals surface area contributed by atoms with Gasteiger partial charge in [0.25, 0.3) is 6.47 Å². The molecule has 0 saturated carbocycles. The molecule has 7 nitrogen and oxygen atoms in total. The number of aryl methyl sites for hydroxylation is 3. The van der Waals surface area contributed by atoms with Crippen molar-refractivity contribution in [3.8, 4) is 22.6 Å². The maximum Gasteiger partial charge on any atom is 0.303 e. The van der Waals surface area contributed by atoms with Crippen molar-refractivity contribution in [2.75, 3.05) is 25.6 Å². The molecule has 3 aromatic rings. The minimum Gasteiger partial charge on any atom is -0.494 e. The summed E-state index contributed by atoms with van der Waals surface area (Å²) in [5, 5.41) is 12.5. The van der Waals surface area contributed by atoms with Crippen LogP contribution in [-0.4, -0.2) is 37.9 Å². The van der Waals surface area contributed by atoms with E-state index < -0.39 is 5.97 Å². The highest BCUT2D eigenvalue weighted by Gasteiger charge is 2.21. The number of carboxylic acid groups (broad SMARTS) is 1. The number of carbonyl (C=O) groups is 2. The van der Waals surface area contributed by atoms with Gasteiger partial charge in [-0.05, 0) is 90.4 Å². The molecule has 3 aromatic carbocycles. The first-order valence-corrected chi connectivity index (χ1v) is 12.9. The Kier molecular flexibility index (Phi) is 10.6. The lowest BCUT2D eigenvalue weighted by Crippen LogP contribution is -2.24. The quantitative estimate of drug-likeness (QED) is 0.233. The molecule has 1 aliphatic heterocycles. The molecule has 0 saturated heterocycles. The van der Waals surface area contributed by atoms with Gasteiger partial charge in [0.15, 0.2) is 0 Å². The second kappa shape index (κ2) is 14.1. The average Bonchev–Trinajstić information content (AvgIpc) is 2.91. The molecule has 0 aromatic heterocycles. The van der Waals surface area contributed by atoms with Crippen molar-refractivity contribution in [1.82, 2.24) is 0 Å². The number of aliphatic carboxylic acids is 1. The normalized spacial score (nSPS) is 13.6. The maximum absolute atomic E-state index is 10.9. The summed E-state index contributed by atoms with van der Waals surface area (Å²) in [5.74, 6) is 0.923. The van der Waals surface area contributed by atoms with E-state index in [4.69, 9.17) is 19.4 Å². The topological polar surface area (TPSA) is 94.1 Å². The van der Waals surface area contributed by atoms with Crippen LogP contribution in [0.5, 0.6) is 11.5 Å². The molecule has 0 aliphatic carbocycles. The summed E-state index contributed by atoms with van der Waals surface area (Å²) in [6, 6.07) is 18.8. The van der Waals surface area contributed by atoms with E-state index in [1.807, 2.05) is 18.2 Å². The number of benzene rings is 3. The number of nitrogens with one attached hydrogen (secondary N) is 1. The van der Waals surface area contributed by atoms with Gasteiger partial charge in [-0.25, -0.2) is 0 Å². The molecule has 1 heterocycles. The Bertz CT molecular complexity index is 1220. The van der Waals surface area contributed by atoms with Crippen molar-refractivity contribution in [3.63, 3.8) is 0 Å². The molecule has 1 unspecified atom stereocenters. The van der Waals surface area contributed by atoms with Gasteiger partial charge < -0.3 is 24.6 Å². The summed E-state index contributed by atoms with van der Waals surface area (Å²) in [6.45, 7) is 8.09. The van der Waals surface area contributed by atoms with Gasteiger partial charge in [-0.2, -0.15) is 0 Å². The molecule has 4 rings (SSSR count). The Morgan fingerprint density at radius 3 is 2.53 bits per heavy atom. The van der Waals surface area contributed by atoms with Crippen molar-refractivity contribution < 1.29 is 28.9 Å². The Hall–Kier alpha value is -4.00. The first-order valence-electron chi connectivity index (χ1n) is 12.9. The molecule has 1 aliphatic rings. The third-order valence-electron chi connectivity index (χ3n) is 6.36. The SMILES string of the molecule is CCCCOc1cc(C)c(-c2cccc(C3COc4cc(CCC(=O)O)ccc4N3)c2)c(C)c1.COC=O. The molecule has 1 atom stereocenters. The summed E-state index contributed by atoms with van der Waals surface area (Å²) in [5.41, 5.74) is 7.90. The second-order valence-electron chi connectivity index (χ2n) is 9.32. The van der Waals surface area contributed by atoms with Crippen LogP contribution in [-0.2, 0) is 20.7 Å². The highest BCUT2D eigenvalue weighted by atomic mass is 16.5.